The lowest BCUT2D eigenvalue weighted by Crippen LogP contribution is -2.19. The highest BCUT2D eigenvalue weighted by molar-refractivity contribution is 6.31. The largest absolute Gasteiger partial charge is 0.273 e. The molecule has 1 N–H and O–H groups in total. The molecule has 0 radical (unpaired) electrons. The average molecular weight is 351 g/mol. The van der Waals surface area contributed by atoms with Crippen LogP contribution in [0.15, 0.2) is 29.4 Å². The number of hydrazone groups is 1. The molecule has 0 spiro atoms. The first kappa shape index (κ1) is 20.7. The monoisotopic (exact) mass is 350 g/mol. The Hall–Kier alpha value is -1.35. The molecule has 0 aliphatic heterocycles. The van der Waals surface area contributed by atoms with Crippen LogP contribution >= 0.6 is 11.6 Å². The normalized spacial score (nSPS) is 11.5. The van der Waals surface area contributed by atoms with Crippen LogP contribution in [0.3, 0.4) is 0 Å². The topological polar surface area (TPSA) is 41.5 Å². The van der Waals surface area contributed by atoms with Crippen molar-refractivity contribution < 1.29 is 4.79 Å². The van der Waals surface area contributed by atoms with Gasteiger partial charge >= 0.3 is 0 Å². The van der Waals surface area contributed by atoms with Gasteiger partial charge in [-0.2, -0.15) is 5.10 Å². The molecule has 1 aromatic rings. The van der Waals surface area contributed by atoms with Crippen molar-refractivity contribution >= 4 is 23.2 Å². The lowest BCUT2D eigenvalue weighted by Gasteiger charge is -2.06. The summed E-state index contributed by atoms with van der Waals surface area (Å²) < 4.78 is 0. The van der Waals surface area contributed by atoms with E-state index in [0.29, 0.717) is 11.4 Å². The van der Waals surface area contributed by atoms with Crippen LogP contribution in [0, 0.1) is 0 Å². The standard InChI is InChI=1S/C20H31ClN2O/c1-3-5-6-7-8-9-10-11-15-20(24)23-22-19(4-2)17-13-12-14-18(21)16-17/h12-14,16H,3-11,15H2,1-2H3,(H,23,24)/b22-19+. The highest BCUT2D eigenvalue weighted by Gasteiger charge is 2.04. The average Bonchev–Trinajstić information content (AvgIpc) is 2.58. The van der Waals surface area contributed by atoms with Gasteiger partial charge in [-0.3, -0.25) is 4.79 Å². The summed E-state index contributed by atoms with van der Waals surface area (Å²) in [4.78, 5) is 11.9. The van der Waals surface area contributed by atoms with Crippen LogP contribution in [-0.2, 0) is 4.79 Å². The molecular weight excluding hydrogens is 320 g/mol. The first-order valence-corrected chi connectivity index (χ1v) is 9.66. The summed E-state index contributed by atoms with van der Waals surface area (Å²) in [6.45, 7) is 4.25. The lowest BCUT2D eigenvalue weighted by molar-refractivity contribution is -0.121. The van der Waals surface area contributed by atoms with E-state index in [0.717, 1.165) is 30.5 Å². The van der Waals surface area contributed by atoms with E-state index in [1.54, 1.807) is 0 Å². The van der Waals surface area contributed by atoms with Gasteiger partial charge in [0.25, 0.3) is 0 Å². The molecule has 24 heavy (non-hydrogen) atoms. The molecule has 1 rings (SSSR count). The Morgan fingerprint density at radius 3 is 2.33 bits per heavy atom. The van der Waals surface area contributed by atoms with E-state index in [1.807, 2.05) is 31.2 Å². The SMILES string of the molecule is CCCCCCCCCCC(=O)N/N=C(\CC)c1cccc(Cl)c1. The molecule has 1 aromatic carbocycles. The Kier molecular flexibility index (Phi) is 11.2. The third-order valence-electron chi connectivity index (χ3n) is 4.07. The lowest BCUT2D eigenvalue weighted by atomic mass is 10.1. The highest BCUT2D eigenvalue weighted by atomic mass is 35.5. The van der Waals surface area contributed by atoms with Crippen molar-refractivity contribution in [2.24, 2.45) is 5.10 Å². The molecule has 0 aliphatic rings. The summed E-state index contributed by atoms with van der Waals surface area (Å²) in [5.41, 5.74) is 4.48. The van der Waals surface area contributed by atoms with Crippen LogP contribution < -0.4 is 5.43 Å². The zero-order chi connectivity index (χ0) is 17.6. The molecule has 0 aromatic heterocycles. The van der Waals surface area contributed by atoms with Crippen LogP contribution in [0.1, 0.15) is 83.6 Å². The Bertz CT molecular complexity index is 514. The Morgan fingerprint density at radius 2 is 1.71 bits per heavy atom. The van der Waals surface area contributed by atoms with Gasteiger partial charge < -0.3 is 0 Å². The molecule has 4 heteroatoms. The first-order valence-electron chi connectivity index (χ1n) is 9.28. The molecule has 0 unspecified atom stereocenters. The van der Waals surface area contributed by atoms with E-state index in [9.17, 15) is 4.79 Å². The van der Waals surface area contributed by atoms with Crippen molar-refractivity contribution in [2.45, 2.75) is 78.1 Å². The number of amides is 1. The molecular formula is C20H31ClN2O. The van der Waals surface area contributed by atoms with Crippen LogP contribution in [-0.4, -0.2) is 11.6 Å². The number of nitrogens with one attached hydrogen (secondary N) is 1. The smallest absolute Gasteiger partial charge is 0.240 e. The number of nitrogens with zero attached hydrogens (tertiary/aromatic N) is 1. The molecule has 0 atom stereocenters. The van der Waals surface area contributed by atoms with Crippen LogP contribution in [0.2, 0.25) is 5.02 Å². The molecule has 134 valence electrons. The minimum atomic E-state index is -0.00559. The summed E-state index contributed by atoms with van der Waals surface area (Å²) in [5.74, 6) is -0.00559. The number of carbonyl (C=O) groups is 1. The summed E-state index contributed by atoms with van der Waals surface area (Å²) in [5, 5.41) is 4.94. The molecule has 0 saturated heterocycles. The Morgan fingerprint density at radius 1 is 1.04 bits per heavy atom. The zero-order valence-corrected chi connectivity index (χ0v) is 15.9. The second-order valence-corrected chi connectivity index (χ2v) is 6.62. The molecule has 0 bridgehead atoms. The van der Waals surface area contributed by atoms with Crippen molar-refractivity contribution in [3.05, 3.63) is 34.9 Å². The van der Waals surface area contributed by atoms with E-state index in [2.05, 4.69) is 17.5 Å². The maximum Gasteiger partial charge on any atom is 0.240 e. The fraction of sp³-hybridized carbons (Fsp3) is 0.600. The summed E-state index contributed by atoms with van der Waals surface area (Å²) in [7, 11) is 0. The molecule has 3 nitrogen and oxygen atoms in total. The number of carbonyl (C=O) groups excluding carboxylic acids is 1. The fourth-order valence-corrected chi connectivity index (χ4v) is 2.81. The van der Waals surface area contributed by atoms with E-state index >= 15 is 0 Å². The summed E-state index contributed by atoms with van der Waals surface area (Å²) in [6.07, 6.45) is 11.2. The third kappa shape index (κ3) is 9.07. The predicted octanol–water partition coefficient (Wildman–Crippen LogP) is 6.10. The zero-order valence-electron chi connectivity index (χ0n) is 15.1. The number of benzene rings is 1. The summed E-state index contributed by atoms with van der Waals surface area (Å²) >= 11 is 6.00. The number of unbranched alkanes of at least 4 members (excludes halogenated alkanes) is 7. The van der Waals surface area contributed by atoms with Gasteiger partial charge in [0, 0.05) is 11.4 Å². The maximum atomic E-state index is 11.9. The highest BCUT2D eigenvalue weighted by Crippen LogP contribution is 2.13. The van der Waals surface area contributed by atoms with Crippen molar-refractivity contribution in [1.82, 2.24) is 5.43 Å². The predicted molar refractivity (Wildman–Crippen MR) is 104 cm³/mol. The van der Waals surface area contributed by atoms with Gasteiger partial charge in [0.05, 0.1) is 5.71 Å². The minimum Gasteiger partial charge on any atom is -0.273 e. The van der Waals surface area contributed by atoms with Gasteiger partial charge in [-0.05, 0) is 30.5 Å². The van der Waals surface area contributed by atoms with Gasteiger partial charge in [-0.15, -0.1) is 0 Å². The number of rotatable bonds is 12. The van der Waals surface area contributed by atoms with E-state index in [-0.39, 0.29) is 5.91 Å². The molecule has 1 amide bonds. The first-order chi connectivity index (χ1) is 11.7. The quantitative estimate of drug-likeness (QED) is 0.276. The van der Waals surface area contributed by atoms with Crippen LogP contribution in [0.25, 0.3) is 0 Å². The summed E-state index contributed by atoms with van der Waals surface area (Å²) in [6, 6.07) is 7.55. The molecule has 0 aliphatic carbocycles. The second-order valence-electron chi connectivity index (χ2n) is 6.18. The van der Waals surface area contributed by atoms with Crippen LogP contribution in [0.4, 0.5) is 0 Å². The van der Waals surface area contributed by atoms with Crippen molar-refractivity contribution in [1.29, 1.82) is 0 Å². The van der Waals surface area contributed by atoms with Crippen molar-refractivity contribution in [3.8, 4) is 0 Å². The van der Waals surface area contributed by atoms with E-state index in [4.69, 9.17) is 11.6 Å². The maximum absolute atomic E-state index is 11.9. The number of hydrogen-bond donors (Lipinski definition) is 1. The van der Waals surface area contributed by atoms with Gasteiger partial charge in [0.1, 0.15) is 0 Å². The van der Waals surface area contributed by atoms with Crippen LogP contribution in [0.5, 0.6) is 0 Å². The second kappa shape index (κ2) is 13.0. The van der Waals surface area contributed by atoms with E-state index < -0.39 is 0 Å². The van der Waals surface area contributed by atoms with Gasteiger partial charge in [0.2, 0.25) is 5.91 Å². The van der Waals surface area contributed by atoms with Gasteiger partial charge in [0.15, 0.2) is 0 Å². The number of hydrogen-bond acceptors (Lipinski definition) is 2. The Balaban J connectivity index is 2.24. The Labute approximate surface area is 151 Å². The molecule has 0 saturated carbocycles. The third-order valence-corrected chi connectivity index (χ3v) is 4.30. The van der Waals surface area contributed by atoms with Crippen molar-refractivity contribution in [2.75, 3.05) is 0 Å². The molecule has 0 fully saturated rings. The van der Waals surface area contributed by atoms with E-state index in [1.165, 1.54) is 38.5 Å². The van der Waals surface area contributed by atoms with Gasteiger partial charge in [-0.1, -0.05) is 82.5 Å². The molecule has 0 heterocycles. The number of halogens is 1. The fourth-order valence-electron chi connectivity index (χ4n) is 2.62. The van der Waals surface area contributed by atoms with Gasteiger partial charge in [-0.25, -0.2) is 5.43 Å². The minimum absolute atomic E-state index is 0.00559. The van der Waals surface area contributed by atoms with Crippen molar-refractivity contribution in [3.63, 3.8) is 0 Å².